The van der Waals surface area contributed by atoms with Gasteiger partial charge in [0.15, 0.2) is 0 Å². The van der Waals surface area contributed by atoms with Crippen LogP contribution in [-0.4, -0.2) is 90.3 Å². The van der Waals surface area contributed by atoms with Crippen LogP contribution in [0.4, 0.5) is 0 Å². The first kappa shape index (κ1) is 26.2. The van der Waals surface area contributed by atoms with Gasteiger partial charge in [-0.05, 0) is 13.0 Å². The van der Waals surface area contributed by atoms with Crippen molar-refractivity contribution >= 4 is 22.3 Å². The van der Waals surface area contributed by atoms with E-state index in [-0.39, 0.29) is 18.3 Å². The van der Waals surface area contributed by atoms with Crippen LogP contribution >= 0.6 is 0 Å². The average Bonchev–Trinajstić information content (AvgIpc) is 2.56. The number of aliphatic hydroxyl groups excluding tert-OH is 2. The molecule has 0 bridgehead atoms. The molecule has 0 saturated carbocycles. The molecule has 164 valence electrons. The van der Waals surface area contributed by atoms with E-state index < -0.39 is 53.4 Å². The summed E-state index contributed by atoms with van der Waals surface area (Å²) in [6.45, 7) is 2.52. The topological polar surface area (TPSA) is 215 Å². The fraction of sp³-hybridized carbons (Fsp3) is 0.714. The number of nitrogens with two attached hydrogens (primary N) is 1. The van der Waals surface area contributed by atoms with Gasteiger partial charge >= 0.3 is 16.4 Å². The van der Waals surface area contributed by atoms with Crippen LogP contribution in [0.3, 0.4) is 0 Å². The van der Waals surface area contributed by atoms with Crippen molar-refractivity contribution in [2.45, 2.75) is 44.2 Å². The van der Waals surface area contributed by atoms with E-state index in [1.54, 1.807) is 6.92 Å². The van der Waals surface area contributed by atoms with E-state index in [4.69, 9.17) is 42.6 Å². The highest BCUT2D eigenvalue weighted by atomic mass is 32.3. The minimum Gasteiger partial charge on any atom is -0.478 e. The second-order valence-corrected chi connectivity index (χ2v) is 6.43. The molecule has 0 radical (unpaired) electrons. The summed E-state index contributed by atoms with van der Waals surface area (Å²) >= 11 is 0. The molecule has 28 heavy (non-hydrogen) atoms. The summed E-state index contributed by atoms with van der Waals surface area (Å²) in [5.74, 6) is -1.19. The Morgan fingerprint density at radius 1 is 1.39 bits per heavy atom. The molecule has 1 rings (SSSR count). The molecule has 0 aliphatic carbocycles. The maximum atomic E-state index is 11.9. The number of hydrogen-bond acceptors (Lipinski definition) is 10. The molecule has 0 aromatic heterocycles. The highest BCUT2D eigenvalue weighted by Crippen LogP contribution is 2.24. The summed E-state index contributed by atoms with van der Waals surface area (Å²) < 4.78 is 47.2. The van der Waals surface area contributed by atoms with Crippen LogP contribution in [0.25, 0.3) is 0 Å². The maximum absolute atomic E-state index is 11.9. The maximum Gasteiger partial charge on any atom is 0.394 e. The summed E-state index contributed by atoms with van der Waals surface area (Å²) in [6, 6.07) is -1.52. The van der Waals surface area contributed by atoms with Crippen LogP contribution in [0.1, 0.15) is 13.8 Å². The van der Waals surface area contributed by atoms with Gasteiger partial charge in [0.1, 0.15) is 18.3 Å². The number of hydrogen-bond donors (Lipinski definition) is 6. The van der Waals surface area contributed by atoms with E-state index in [0.29, 0.717) is 0 Å². The van der Waals surface area contributed by atoms with Gasteiger partial charge in [0.25, 0.3) is 0 Å². The second kappa shape index (κ2) is 11.9. The number of aliphatic hydroxyl groups is 2. The van der Waals surface area contributed by atoms with Crippen molar-refractivity contribution < 1.29 is 51.5 Å². The first-order valence-electron chi connectivity index (χ1n) is 7.95. The van der Waals surface area contributed by atoms with Crippen molar-refractivity contribution in [1.82, 2.24) is 5.32 Å². The first-order chi connectivity index (χ1) is 12.8. The van der Waals surface area contributed by atoms with Gasteiger partial charge in [-0.3, -0.25) is 13.9 Å². The lowest BCUT2D eigenvalue weighted by molar-refractivity contribution is -0.153. The van der Waals surface area contributed by atoms with Crippen LogP contribution in [0.2, 0.25) is 0 Å². The fourth-order valence-electron chi connectivity index (χ4n) is 2.37. The molecule has 0 aromatic rings. The molecular weight excluding hydrogens is 404 g/mol. The van der Waals surface area contributed by atoms with Crippen LogP contribution in [0, 0.1) is 0 Å². The number of ether oxygens (including phenoxy) is 3. The minimum absolute atomic E-state index is 0.127. The number of rotatable bonds is 7. The minimum atomic E-state index is -4.67. The highest BCUT2D eigenvalue weighted by Gasteiger charge is 2.43. The van der Waals surface area contributed by atoms with Crippen molar-refractivity contribution in [3.8, 4) is 0 Å². The Kier molecular flexibility index (Phi) is 11.1. The zero-order valence-electron chi connectivity index (χ0n) is 15.5. The number of esters is 1. The summed E-state index contributed by atoms with van der Waals surface area (Å²) in [6.07, 6.45) is -1.94. The fourth-order valence-corrected chi connectivity index (χ4v) is 2.37. The normalized spacial score (nSPS) is 23.9. The molecule has 14 heteroatoms. The lowest BCUT2D eigenvalue weighted by Gasteiger charge is -2.40. The lowest BCUT2D eigenvalue weighted by atomic mass is 9.92. The van der Waals surface area contributed by atoms with Crippen LogP contribution in [-0.2, 0) is 34.2 Å². The third kappa shape index (κ3) is 9.41. The molecule has 0 saturated heterocycles. The Balaban J connectivity index is 0.00000129. The van der Waals surface area contributed by atoms with Crippen molar-refractivity contribution in [2.24, 2.45) is 5.73 Å². The molecular formula is C14H26N2O11S. The number of nitrogens with one attached hydrogen (secondary N) is 1. The van der Waals surface area contributed by atoms with Gasteiger partial charge in [0.05, 0.1) is 25.3 Å². The predicted octanol–water partition coefficient (Wildman–Crippen LogP) is -2.62. The molecule has 0 fully saturated rings. The lowest BCUT2D eigenvalue weighted by Crippen LogP contribution is -2.62. The van der Waals surface area contributed by atoms with Gasteiger partial charge in [-0.2, -0.15) is 8.42 Å². The Labute approximate surface area is 162 Å². The van der Waals surface area contributed by atoms with Gasteiger partial charge < -0.3 is 35.5 Å². The molecule has 1 amide bonds. The molecule has 1 heterocycles. The van der Waals surface area contributed by atoms with Crippen molar-refractivity contribution in [2.75, 3.05) is 20.3 Å². The largest absolute Gasteiger partial charge is 0.478 e. The zero-order chi connectivity index (χ0) is 22.1. The summed E-state index contributed by atoms with van der Waals surface area (Å²) in [7, 11) is -3.36. The van der Waals surface area contributed by atoms with Crippen LogP contribution < -0.4 is 11.1 Å². The van der Waals surface area contributed by atoms with E-state index in [9.17, 15) is 14.7 Å². The smallest absolute Gasteiger partial charge is 0.394 e. The van der Waals surface area contributed by atoms with E-state index in [2.05, 4.69) is 5.32 Å². The quantitative estimate of drug-likeness (QED) is 0.181. The third-order valence-corrected chi connectivity index (χ3v) is 3.38. The summed E-state index contributed by atoms with van der Waals surface area (Å²) in [5.41, 5.74) is 6.00. The van der Waals surface area contributed by atoms with E-state index in [1.807, 2.05) is 0 Å². The number of methoxy groups -OCH3 is 1. The molecule has 0 aromatic carbocycles. The van der Waals surface area contributed by atoms with Crippen molar-refractivity contribution in [3.63, 3.8) is 0 Å². The number of amides is 1. The molecule has 7 N–H and O–H groups in total. The monoisotopic (exact) mass is 430 g/mol. The average molecular weight is 430 g/mol. The van der Waals surface area contributed by atoms with E-state index in [1.165, 1.54) is 20.1 Å². The van der Waals surface area contributed by atoms with Gasteiger partial charge in [0.2, 0.25) is 11.7 Å². The number of carbonyl (C=O) groups excluding carboxylic acids is 2. The molecule has 13 nitrogen and oxygen atoms in total. The van der Waals surface area contributed by atoms with Crippen LogP contribution in [0.5, 0.6) is 0 Å². The van der Waals surface area contributed by atoms with E-state index >= 15 is 0 Å². The molecule has 0 spiro atoms. The Hall–Kier alpha value is -1.81. The number of carbonyl (C=O) groups is 2. The second-order valence-electron chi connectivity index (χ2n) is 5.54. The Morgan fingerprint density at radius 3 is 2.32 bits per heavy atom. The molecule has 2 unspecified atom stereocenters. The predicted molar refractivity (Wildman–Crippen MR) is 93.2 cm³/mol. The Morgan fingerprint density at radius 2 is 1.93 bits per heavy atom. The highest BCUT2D eigenvalue weighted by molar-refractivity contribution is 7.79. The van der Waals surface area contributed by atoms with Gasteiger partial charge in [-0.25, -0.2) is 4.79 Å². The summed E-state index contributed by atoms with van der Waals surface area (Å²) in [5, 5.41) is 21.7. The zero-order valence-corrected chi connectivity index (χ0v) is 16.3. The van der Waals surface area contributed by atoms with Gasteiger partial charge in [-0.1, -0.05) is 0 Å². The third-order valence-electron chi connectivity index (χ3n) is 3.38. The standard InChI is InChI=1S/C14H24N2O7.H2O4S/c1-4-22-14(20)10-5-8(15)11(16-7(2)18)13(23-10)12(21-3)9(19)6-17;1-5(2,3)4/h5,8-9,11-13,17,19H,4,6,15H2,1-3H3,(H,16,18);(H2,1,2,3,4)/t8-,9?,11+,12?,13+;/m0./s1. The van der Waals surface area contributed by atoms with Crippen molar-refractivity contribution in [3.05, 3.63) is 11.8 Å². The van der Waals surface area contributed by atoms with Gasteiger partial charge in [0, 0.05) is 14.0 Å². The van der Waals surface area contributed by atoms with Crippen LogP contribution in [0.15, 0.2) is 11.8 Å². The Bertz CT molecular complexity index is 644. The first-order valence-corrected chi connectivity index (χ1v) is 9.35. The SMILES string of the molecule is CCOC(=O)C1=C[C@H](N)[C@@H](NC(C)=O)[C@H](C(OC)C(O)CO)O1.O=S(=O)(O)O. The molecule has 1 aliphatic heterocycles. The van der Waals surface area contributed by atoms with Crippen molar-refractivity contribution in [1.29, 1.82) is 0 Å². The van der Waals surface area contributed by atoms with Gasteiger partial charge in [-0.15, -0.1) is 0 Å². The van der Waals surface area contributed by atoms with E-state index in [0.717, 1.165) is 0 Å². The summed E-state index contributed by atoms with van der Waals surface area (Å²) in [4.78, 5) is 23.2. The molecule has 5 atom stereocenters. The molecule has 1 aliphatic rings.